The van der Waals surface area contributed by atoms with E-state index < -0.39 is 24.5 Å². The smallest absolute Gasteiger partial charge is 0.395 e. The zero-order valence-electron chi connectivity index (χ0n) is 7.97. The molecule has 0 fully saturated rings. The number of amides is 2. The Bertz CT molecular complexity index is 242. The molecular weight excluding hydrogens is 217 g/mol. The predicted molar refractivity (Wildman–Crippen MR) is 43.8 cm³/mol. The normalized spacial score (nSPS) is 11.0. The molecule has 0 atom stereocenters. The van der Waals surface area contributed by atoms with Crippen molar-refractivity contribution in [3.05, 3.63) is 0 Å². The molecular formula is C7H11F3N2O3. The number of nitrogens with zero attached hydrogens (tertiary/aromatic N) is 1. The van der Waals surface area contributed by atoms with E-state index in [2.05, 4.69) is 0 Å². The monoisotopic (exact) mass is 228 g/mol. The van der Waals surface area contributed by atoms with Gasteiger partial charge in [-0.05, 0) is 0 Å². The third kappa shape index (κ3) is 5.21. The lowest BCUT2D eigenvalue weighted by atomic mass is 10.4. The highest BCUT2D eigenvalue weighted by Crippen LogP contribution is 2.13. The second kappa shape index (κ2) is 5.54. The standard InChI is InChI=1S/C7H11F3N2O3/c1-12(2-3-13)5(14)4-11-6(15)7(8,9)10/h13H,2-4H2,1H3,(H,11,15). The summed E-state index contributed by atoms with van der Waals surface area (Å²) in [5, 5.41) is 9.86. The van der Waals surface area contributed by atoms with Crippen LogP contribution in [0.1, 0.15) is 0 Å². The molecule has 0 radical (unpaired) electrons. The number of aliphatic hydroxyl groups excluding tert-OH is 1. The van der Waals surface area contributed by atoms with Gasteiger partial charge >= 0.3 is 12.1 Å². The average Bonchev–Trinajstić information content (AvgIpc) is 2.12. The van der Waals surface area contributed by atoms with Crippen LogP contribution >= 0.6 is 0 Å². The number of carbonyl (C=O) groups is 2. The van der Waals surface area contributed by atoms with Crippen LogP contribution in [0.5, 0.6) is 0 Å². The molecule has 2 amide bonds. The molecule has 5 nitrogen and oxygen atoms in total. The molecule has 0 aliphatic heterocycles. The lowest BCUT2D eigenvalue weighted by Crippen LogP contribution is -2.43. The Morgan fingerprint density at radius 1 is 1.40 bits per heavy atom. The summed E-state index contributed by atoms with van der Waals surface area (Å²) in [6.45, 7) is -1.04. The predicted octanol–water partition coefficient (Wildman–Crippen LogP) is -0.884. The molecule has 0 rings (SSSR count). The van der Waals surface area contributed by atoms with Crippen molar-refractivity contribution in [1.82, 2.24) is 10.2 Å². The Hall–Kier alpha value is -1.31. The van der Waals surface area contributed by atoms with Crippen molar-refractivity contribution >= 4 is 11.8 Å². The molecule has 0 saturated carbocycles. The highest BCUT2D eigenvalue weighted by Gasteiger charge is 2.38. The van der Waals surface area contributed by atoms with E-state index in [0.29, 0.717) is 0 Å². The van der Waals surface area contributed by atoms with Crippen LogP contribution in [-0.4, -0.2) is 54.7 Å². The Labute approximate surface area is 83.9 Å². The maximum Gasteiger partial charge on any atom is 0.471 e. The molecule has 0 aromatic heterocycles. The van der Waals surface area contributed by atoms with Gasteiger partial charge in [-0.15, -0.1) is 0 Å². The van der Waals surface area contributed by atoms with Crippen LogP contribution in [0.25, 0.3) is 0 Å². The van der Waals surface area contributed by atoms with Crippen molar-refractivity contribution in [1.29, 1.82) is 0 Å². The highest BCUT2D eigenvalue weighted by atomic mass is 19.4. The summed E-state index contributed by atoms with van der Waals surface area (Å²) in [7, 11) is 1.30. The van der Waals surface area contributed by atoms with E-state index >= 15 is 0 Å². The number of aliphatic hydroxyl groups is 1. The van der Waals surface area contributed by atoms with Crippen LogP contribution in [0, 0.1) is 0 Å². The number of rotatable bonds is 4. The van der Waals surface area contributed by atoms with Crippen molar-refractivity contribution in [2.75, 3.05) is 26.7 Å². The third-order valence-electron chi connectivity index (χ3n) is 1.52. The quantitative estimate of drug-likeness (QED) is 0.656. The SMILES string of the molecule is CN(CCO)C(=O)CNC(=O)C(F)(F)F. The van der Waals surface area contributed by atoms with Crippen molar-refractivity contribution in [2.45, 2.75) is 6.18 Å². The fourth-order valence-corrected chi connectivity index (χ4v) is 0.666. The van der Waals surface area contributed by atoms with Crippen LogP contribution in [-0.2, 0) is 9.59 Å². The van der Waals surface area contributed by atoms with E-state index in [-0.39, 0.29) is 13.2 Å². The number of likely N-dealkylation sites (N-methyl/N-ethyl adjacent to an activating group) is 1. The average molecular weight is 228 g/mol. The Balaban J connectivity index is 3.96. The number of alkyl halides is 3. The minimum atomic E-state index is -4.99. The minimum absolute atomic E-state index is 0.000716. The summed E-state index contributed by atoms with van der Waals surface area (Å²) in [5.74, 6) is -2.87. The van der Waals surface area contributed by atoms with Crippen molar-refractivity contribution in [2.24, 2.45) is 0 Å². The zero-order chi connectivity index (χ0) is 12.1. The van der Waals surface area contributed by atoms with E-state index in [1.807, 2.05) is 0 Å². The fourth-order valence-electron chi connectivity index (χ4n) is 0.666. The summed E-state index contributed by atoms with van der Waals surface area (Å²) >= 11 is 0. The van der Waals surface area contributed by atoms with Crippen LogP contribution in [0.2, 0.25) is 0 Å². The summed E-state index contributed by atoms with van der Waals surface area (Å²) in [6.07, 6.45) is -4.99. The molecule has 2 N–H and O–H groups in total. The van der Waals surface area contributed by atoms with Crippen LogP contribution in [0.15, 0.2) is 0 Å². The van der Waals surface area contributed by atoms with Gasteiger partial charge in [0.2, 0.25) is 5.91 Å². The number of hydrogen-bond donors (Lipinski definition) is 2. The second-order valence-corrected chi connectivity index (χ2v) is 2.72. The van der Waals surface area contributed by atoms with Gasteiger partial charge in [0.05, 0.1) is 13.2 Å². The van der Waals surface area contributed by atoms with Gasteiger partial charge in [0.25, 0.3) is 0 Å². The maximum atomic E-state index is 11.7. The minimum Gasteiger partial charge on any atom is -0.395 e. The molecule has 0 aromatic rings. The molecule has 15 heavy (non-hydrogen) atoms. The van der Waals surface area contributed by atoms with Gasteiger partial charge < -0.3 is 15.3 Å². The largest absolute Gasteiger partial charge is 0.471 e. The first-order valence-corrected chi connectivity index (χ1v) is 3.99. The van der Waals surface area contributed by atoms with Crippen LogP contribution in [0.3, 0.4) is 0 Å². The zero-order valence-corrected chi connectivity index (χ0v) is 7.97. The number of carbonyl (C=O) groups excluding carboxylic acids is 2. The Morgan fingerprint density at radius 2 is 1.93 bits per heavy atom. The lowest BCUT2D eigenvalue weighted by molar-refractivity contribution is -0.174. The van der Waals surface area contributed by atoms with Crippen molar-refractivity contribution in [3.8, 4) is 0 Å². The maximum absolute atomic E-state index is 11.7. The molecule has 0 heterocycles. The van der Waals surface area contributed by atoms with E-state index in [9.17, 15) is 22.8 Å². The van der Waals surface area contributed by atoms with E-state index in [4.69, 9.17) is 5.11 Å². The van der Waals surface area contributed by atoms with Crippen molar-refractivity contribution in [3.63, 3.8) is 0 Å². The van der Waals surface area contributed by atoms with Gasteiger partial charge in [-0.25, -0.2) is 0 Å². The summed E-state index contributed by atoms with van der Waals surface area (Å²) < 4.78 is 35.0. The summed E-state index contributed by atoms with van der Waals surface area (Å²) in [5.41, 5.74) is 0. The van der Waals surface area contributed by atoms with Crippen molar-refractivity contribution < 1.29 is 27.9 Å². The van der Waals surface area contributed by atoms with Gasteiger partial charge in [-0.1, -0.05) is 0 Å². The number of nitrogens with one attached hydrogen (secondary N) is 1. The van der Waals surface area contributed by atoms with Gasteiger partial charge in [-0.3, -0.25) is 9.59 Å². The number of halogens is 3. The fraction of sp³-hybridized carbons (Fsp3) is 0.714. The first-order valence-electron chi connectivity index (χ1n) is 3.99. The molecule has 0 aromatic carbocycles. The second-order valence-electron chi connectivity index (χ2n) is 2.72. The van der Waals surface area contributed by atoms with Gasteiger partial charge in [0.15, 0.2) is 0 Å². The van der Waals surface area contributed by atoms with Gasteiger partial charge in [0, 0.05) is 13.6 Å². The summed E-state index contributed by atoms with van der Waals surface area (Å²) in [4.78, 5) is 22.3. The molecule has 0 saturated heterocycles. The van der Waals surface area contributed by atoms with Crippen LogP contribution in [0.4, 0.5) is 13.2 Å². The Morgan fingerprint density at radius 3 is 2.33 bits per heavy atom. The molecule has 0 aliphatic carbocycles. The molecule has 8 heteroatoms. The number of hydrogen-bond acceptors (Lipinski definition) is 3. The van der Waals surface area contributed by atoms with Gasteiger partial charge in [-0.2, -0.15) is 13.2 Å². The first-order chi connectivity index (χ1) is 6.79. The molecule has 0 bridgehead atoms. The van der Waals surface area contributed by atoms with Gasteiger partial charge in [0.1, 0.15) is 0 Å². The molecule has 0 spiro atoms. The third-order valence-corrected chi connectivity index (χ3v) is 1.52. The lowest BCUT2D eigenvalue weighted by Gasteiger charge is -2.16. The molecule has 88 valence electrons. The highest BCUT2D eigenvalue weighted by molar-refractivity contribution is 5.87. The topological polar surface area (TPSA) is 69.6 Å². The van der Waals surface area contributed by atoms with Crippen LogP contribution < -0.4 is 5.32 Å². The van der Waals surface area contributed by atoms with E-state index in [1.54, 1.807) is 0 Å². The van der Waals surface area contributed by atoms with E-state index in [1.165, 1.54) is 12.4 Å². The summed E-state index contributed by atoms with van der Waals surface area (Å²) in [6, 6.07) is 0. The molecule has 0 unspecified atom stereocenters. The first kappa shape index (κ1) is 13.7. The Kier molecular flexibility index (Phi) is 5.06. The molecule has 0 aliphatic rings. The van der Waals surface area contributed by atoms with E-state index in [0.717, 1.165) is 4.90 Å².